The number of hydrogen-bond acceptors (Lipinski definition) is 5. The number of benzene rings is 2. The normalized spacial score (nSPS) is 13.7. The van der Waals surface area contributed by atoms with E-state index >= 15 is 0 Å². The van der Waals surface area contributed by atoms with Gasteiger partial charge < -0.3 is 20.0 Å². The molecule has 10 heteroatoms. The van der Waals surface area contributed by atoms with Crippen molar-refractivity contribution in [3.05, 3.63) is 76.2 Å². The Morgan fingerprint density at radius 2 is 1.69 bits per heavy atom. The van der Waals surface area contributed by atoms with Gasteiger partial charge in [-0.05, 0) is 38.1 Å². The topological polar surface area (TPSA) is 68.8 Å². The maximum Gasteiger partial charge on any atom is 0.322 e. The summed E-state index contributed by atoms with van der Waals surface area (Å²) >= 11 is 1.30. The molecule has 0 aliphatic carbocycles. The first kappa shape index (κ1) is 24.6. The highest BCUT2D eigenvalue weighted by Crippen LogP contribution is 2.22. The minimum atomic E-state index is -0.512. The van der Waals surface area contributed by atoms with Crippen LogP contribution in [0.5, 0.6) is 0 Å². The van der Waals surface area contributed by atoms with Gasteiger partial charge in [-0.25, -0.2) is 18.6 Å². The van der Waals surface area contributed by atoms with E-state index < -0.39 is 11.8 Å². The number of carbonyl (C=O) groups is 2. The van der Waals surface area contributed by atoms with E-state index in [1.165, 1.54) is 34.4 Å². The Labute approximate surface area is 207 Å². The first-order valence-corrected chi connectivity index (χ1v) is 12.3. The van der Waals surface area contributed by atoms with Gasteiger partial charge in [-0.3, -0.25) is 4.79 Å². The third-order valence-corrected chi connectivity index (χ3v) is 6.67. The highest BCUT2D eigenvalue weighted by atomic mass is 32.1. The molecular formula is C25H27F2N5O2S. The van der Waals surface area contributed by atoms with Crippen molar-refractivity contribution >= 4 is 34.6 Å². The summed E-state index contributed by atoms with van der Waals surface area (Å²) in [7, 11) is 0. The first-order chi connectivity index (χ1) is 16.8. The van der Waals surface area contributed by atoms with Crippen molar-refractivity contribution in [3.8, 4) is 0 Å². The molecule has 0 unspecified atom stereocenters. The number of nitrogens with one attached hydrogen (secondary N) is 1. The van der Waals surface area contributed by atoms with E-state index in [4.69, 9.17) is 0 Å². The molecule has 0 saturated carbocycles. The lowest BCUT2D eigenvalue weighted by Gasteiger charge is -2.35. The molecule has 1 aromatic heterocycles. The van der Waals surface area contributed by atoms with Gasteiger partial charge in [-0.15, -0.1) is 11.3 Å². The fourth-order valence-corrected chi connectivity index (χ4v) is 4.65. The molecule has 184 valence electrons. The second kappa shape index (κ2) is 10.8. The van der Waals surface area contributed by atoms with Gasteiger partial charge in [0.05, 0.1) is 17.9 Å². The Morgan fingerprint density at radius 3 is 2.34 bits per heavy atom. The number of carbonyl (C=O) groups excluding carboxylic acids is 2. The molecule has 7 nitrogen and oxygen atoms in total. The molecule has 0 radical (unpaired) electrons. The van der Waals surface area contributed by atoms with Crippen LogP contribution in [0.4, 0.5) is 25.0 Å². The number of aromatic nitrogens is 1. The summed E-state index contributed by atoms with van der Waals surface area (Å²) in [4.78, 5) is 35.4. The molecule has 3 amide bonds. The summed E-state index contributed by atoms with van der Waals surface area (Å²) in [6, 6.07) is 12.0. The zero-order chi connectivity index (χ0) is 24.9. The number of hydrogen-bond donors (Lipinski definition) is 1. The number of piperazine rings is 1. The van der Waals surface area contributed by atoms with Crippen LogP contribution in [-0.4, -0.2) is 58.9 Å². The minimum Gasteiger partial charge on any atom is -0.366 e. The smallest absolute Gasteiger partial charge is 0.322 e. The van der Waals surface area contributed by atoms with E-state index in [1.54, 1.807) is 40.6 Å². The quantitative estimate of drug-likeness (QED) is 0.528. The lowest BCUT2D eigenvalue weighted by molar-refractivity contribution is 0.0741. The Balaban J connectivity index is 1.37. The van der Waals surface area contributed by atoms with E-state index in [0.29, 0.717) is 42.6 Å². The van der Waals surface area contributed by atoms with Gasteiger partial charge in [-0.1, -0.05) is 24.3 Å². The van der Waals surface area contributed by atoms with Crippen LogP contribution in [0, 0.1) is 11.6 Å². The number of thiazole rings is 1. The van der Waals surface area contributed by atoms with Gasteiger partial charge in [0.2, 0.25) is 0 Å². The van der Waals surface area contributed by atoms with Gasteiger partial charge in [0.15, 0.2) is 0 Å². The molecule has 0 atom stereocenters. The molecule has 0 spiro atoms. The number of amides is 3. The van der Waals surface area contributed by atoms with Crippen LogP contribution in [0.1, 0.15) is 29.3 Å². The standard InChI is InChI=1S/C25H27F2N5O2S/c1-17(2)32(25(34)29-20-9-5-3-7-18(20)26)15-23-28-21(16-35-23)24(33)31-13-11-30(12-14-31)22-10-6-4-8-19(22)27/h3-10,16-17H,11-15H2,1-2H3,(H,29,34). The van der Waals surface area contributed by atoms with Crippen LogP contribution in [0.25, 0.3) is 0 Å². The predicted molar refractivity (Wildman–Crippen MR) is 133 cm³/mol. The average molecular weight is 500 g/mol. The maximum absolute atomic E-state index is 14.1. The molecule has 1 fully saturated rings. The molecule has 1 N–H and O–H groups in total. The van der Waals surface area contributed by atoms with E-state index in [0.717, 1.165) is 0 Å². The number of urea groups is 1. The van der Waals surface area contributed by atoms with Crippen LogP contribution in [0.15, 0.2) is 53.9 Å². The van der Waals surface area contributed by atoms with E-state index in [1.807, 2.05) is 18.7 Å². The van der Waals surface area contributed by atoms with Crippen molar-refractivity contribution in [2.24, 2.45) is 0 Å². The number of rotatable bonds is 6. The average Bonchev–Trinajstić information content (AvgIpc) is 3.32. The Kier molecular flexibility index (Phi) is 7.60. The number of nitrogens with zero attached hydrogens (tertiary/aromatic N) is 4. The minimum absolute atomic E-state index is 0.104. The predicted octanol–water partition coefficient (Wildman–Crippen LogP) is 4.83. The van der Waals surface area contributed by atoms with Crippen molar-refractivity contribution < 1.29 is 18.4 Å². The number of para-hydroxylation sites is 2. The lowest BCUT2D eigenvalue weighted by Crippen LogP contribution is -2.49. The fraction of sp³-hybridized carbons (Fsp3) is 0.320. The molecular weight excluding hydrogens is 472 g/mol. The van der Waals surface area contributed by atoms with Crippen LogP contribution < -0.4 is 10.2 Å². The number of halogens is 2. The Morgan fingerprint density at radius 1 is 1.03 bits per heavy atom. The van der Waals surface area contributed by atoms with Gasteiger partial charge in [-0.2, -0.15) is 0 Å². The molecule has 2 heterocycles. The molecule has 3 aromatic rings. The number of anilines is 2. The molecule has 1 aliphatic rings. The monoisotopic (exact) mass is 499 g/mol. The molecule has 2 aromatic carbocycles. The highest BCUT2D eigenvalue weighted by Gasteiger charge is 2.26. The van der Waals surface area contributed by atoms with Crippen molar-refractivity contribution in [2.75, 3.05) is 36.4 Å². The van der Waals surface area contributed by atoms with Gasteiger partial charge in [0.1, 0.15) is 22.3 Å². The first-order valence-electron chi connectivity index (χ1n) is 11.4. The molecule has 0 bridgehead atoms. The lowest BCUT2D eigenvalue weighted by atomic mass is 10.2. The highest BCUT2D eigenvalue weighted by molar-refractivity contribution is 7.09. The van der Waals surface area contributed by atoms with Crippen LogP contribution in [-0.2, 0) is 6.54 Å². The fourth-order valence-electron chi connectivity index (χ4n) is 3.89. The SMILES string of the molecule is CC(C)N(Cc1nc(C(=O)N2CCN(c3ccccc3F)CC2)cs1)C(=O)Nc1ccccc1F. The van der Waals surface area contributed by atoms with Crippen LogP contribution >= 0.6 is 11.3 Å². The van der Waals surface area contributed by atoms with E-state index in [2.05, 4.69) is 10.3 Å². The molecule has 4 rings (SSSR count). The van der Waals surface area contributed by atoms with E-state index in [-0.39, 0.29) is 30.0 Å². The van der Waals surface area contributed by atoms with E-state index in [9.17, 15) is 18.4 Å². The largest absolute Gasteiger partial charge is 0.366 e. The molecule has 1 aliphatic heterocycles. The van der Waals surface area contributed by atoms with Gasteiger partial charge >= 0.3 is 6.03 Å². The second-order valence-electron chi connectivity index (χ2n) is 8.49. The van der Waals surface area contributed by atoms with Gasteiger partial charge in [0.25, 0.3) is 5.91 Å². The summed E-state index contributed by atoms with van der Waals surface area (Å²) in [5, 5.41) is 4.89. The van der Waals surface area contributed by atoms with Crippen molar-refractivity contribution in [3.63, 3.8) is 0 Å². The summed E-state index contributed by atoms with van der Waals surface area (Å²) in [5.41, 5.74) is 0.966. The summed E-state index contributed by atoms with van der Waals surface area (Å²) in [5.74, 6) is -0.973. The Bertz CT molecular complexity index is 1190. The van der Waals surface area contributed by atoms with Gasteiger partial charge in [0, 0.05) is 37.6 Å². The maximum atomic E-state index is 14.1. The van der Waals surface area contributed by atoms with Crippen molar-refractivity contribution in [1.82, 2.24) is 14.8 Å². The third-order valence-electron chi connectivity index (χ3n) is 5.84. The van der Waals surface area contributed by atoms with Crippen LogP contribution in [0.2, 0.25) is 0 Å². The zero-order valence-electron chi connectivity index (χ0n) is 19.6. The summed E-state index contributed by atoms with van der Waals surface area (Å²) in [6.07, 6.45) is 0. The summed E-state index contributed by atoms with van der Waals surface area (Å²) < 4.78 is 28.0. The van der Waals surface area contributed by atoms with Crippen LogP contribution in [0.3, 0.4) is 0 Å². The zero-order valence-corrected chi connectivity index (χ0v) is 20.4. The third kappa shape index (κ3) is 5.76. The Hall–Kier alpha value is -3.53. The molecule has 35 heavy (non-hydrogen) atoms. The van der Waals surface area contributed by atoms with Crippen molar-refractivity contribution in [2.45, 2.75) is 26.4 Å². The molecule has 1 saturated heterocycles. The second-order valence-corrected chi connectivity index (χ2v) is 9.43. The van der Waals surface area contributed by atoms with Crippen molar-refractivity contribution in [1.29, 1.82) is 0 Å². The summed E-state index contributed by atoms with van der Waals surface area (Å²) in [6.45, 7) is 5.89.